The highest BCUT2D eigenvalue weighted by Crippen LogP contribution is 2.40. The van der Waals surface area contributed by atoms with Crippen molar-refractivity contribution in [1.29, 1.82) is 0 Å². The van der Waals surface area contributed by atoms with Crippen LogP contribution >= 0.6 is 11.8 Å². The number of hydrogen-bond donors (Lipinski definition) is 1. The van der Waals surface area contributed by atoms with Gasteiger partial charge >= 0.3 is 0 Å². The number of benzene rings is 1. The molecule has 0 spiro atoms. The Balaban J connectivity index is 2.39. The van der Waals surface area contributed by atoms with Crippen LogP contribution in [0.3, 0.4) is 0 Å². The summed E-state index contributed by atoms with van der Waals surface area (Å²) in [6, 6.07) is 7.21. The first-order chi connectivity index (χ1) is 7.24. The molecule has 1 aliphatic rings. The molecule has 15 heavy (non-hydrogen) atoms. The highest BCUT2D eigenvalue weighted by Gasteiger charge is 2.26. The van der Waals surface area contributed by atoms with Gasteiger partial charge in [0.2, 0.25) is 0 Å². The van der Waals surface area contributed by atoms with Crippen molar-refractivity contribution < 1.29 is 0 Å². The van der Waals surface area contributed by atoms with Crippen LogP contribution in [0.25, 0.3) is 0 Å². The molecule has 1 nitrogen and oxygen atoms in total. The molecule has 0 radical (unpaired) electrons. The molecular formula is C13H19NS. The minimum atomic E-state index is 0.547. The zero-order chi connectivity index (χ0) is 10.8. The fourth-order valence-corrected chi connectivity index (χ4v) is 3.55. The van der Waals surface area contributed by atoms with Crippen molar-refractivity contribution in [3.63, 3.8) is 0 Å². The molecule has 0 aliphatic carbocycles. The van der Waals surface area contributed by atoms with Gasteiger partial charge in [0.15, 0.2) is 0 Å². The second-order valence-electron chi connectivity index (χ2n) is 4.32. The third kappa shape index (κ3) is 2.06. The first-order valence-corrected chi connectivity index (χ1v) is 6.68. The standard InChI is InChI=1S/C13H19NS/c1-4-14-12-10(3)8-15-13-9(2)6-5-7-11(12)13/h5-7,10,12,14H,4,8H2,1-3H3. The Morgan fingerprint density at radius 3 is 3.00 bits per heavy atom. The lowest BCUT2D eigenvalue weighted by Gasteiger charge is -2.32. The second kappa shape index (κ2) is 4.58. The molecule has 0 saturated carbocycles. The summed E-state index contributed by atoms with van der Waals surface area (Å²) in [5.41, 5.74) is 2.92. The number of hydrogen-bond acceptors (Lipinski definition) is 2. The van der Waals surface area contributed by atoms with E-state index in [4.69, 9.17) is 0 Å². The quantitative estimate of drug-likeness (QED) is 0.821. The smallest absolute Gasteiger partial charge is 0.0365 e. The van der Waals surface area contributed by atoms with E-state index >= 15 is 0 Å². The number of fused-ring (bicyclic) bond motifs is 1. The fourth-order valence-electron chi connectivity index (χ4n) is 2.27. The van der Waals surface area contributed by atoms with Crippen molar-refractivity contribution in [2.45, 2.75) is 31.7 Å². The van der Waals surface area contributed by atoms with E-state index in [1.165, 1.54) is 21.8 Å². The Hall–Kier alpha value is -0.470. The predicted molar refractivity (Wildman–Crippen MR) is 67.5 cm³/mol. The molecule has 1 aliphatic heterocycles. The van der Waals surface area contributed by atoms with E-state index in [0.717, 1.165) is 12.5 Å². The highest BCUT2D eigenvalue weighted by atomic mass is 32.2. The van der Waals surface area contributed by atoms with Gasteiger partial charge in [-0.1, -0.05) is 32.0 Å². The van der Waals surface area contributed by atoms with Crippen LogP contribution in [0.5, 0.6) is 0 Å². The number of aryl methyl sites for hydroxylation is 1. The van der Waals surface area contributed by atoms with Crippen molar-refractivity contribution in [3.05, 3.63) is 29.3 Å². The van der Waals surface area contributed by atoms with Gasteiger partial charge in [-0.05, 0) is 30.5 Å². The zero-order valence-electron chi connectivity index (χ0n) is 9.71. The summed E-state index contributed by atoms with van der Waals surface area (Å²) in [6.45, 7) is 7.79. The number of thioether (sulfide) groups is 1. The van der Waals surface area contributed by atoms with Crippen molar-refractivity contribution in [2.75, 3.05) is 12.3 Å². The van der Waals surface area contributed by atoms with Crippen LogP contribution in [0.4, 0.5) is 0 Å². The fraction of sp³-hybridized carbons (Fsp3) is 0.538. The molecule has 2 unspecified atom stereocenters. The molecule has 1 N–H and O–H groups in total. The third-order valence-electron chi connectivity index (χ3n) is 3.06. The van der Waals surface area contributed by atoms with E-state index in [1.54, 1.807) is 0 Å². The number of nitrogens with one attached hydrogen (secondary N) is 1. The Morgan fingerprint density at radius 1 is 1.47 bits per heavy atom. The van der Waals surface area contributed by atoms with Gasteiger partial charge in [-0.3, -0.25) is 0 Å². The molecule has 82 valence electrons. The largest absolute Gasteiger partial charge is 0.310 e. The van der Waals surface area contributed by atoms with E-state index in [-0.39, 0.29) is 0 Å². The average molecular weight is 221 g/mol. The summed E-state index contributed by atoms with van der Waals surface area (Å²) in [5, 5.41) is 3.60. The van der Waals surface area contributed by atoms with Crippen LogP contribution < -0.4 is 5.32 Å². The van der Waals surface area contributed by atoms with E-state index in [2.05, 4.69) is 44.3 Å². The second-order valence-corrected chi connectivity index (χ2v) is 5.35. The van der Waals surface area contributed by atoms with E-state index in [1.807, 2.05) is 11.8 Å². The van der Waals surface area contributed by atoms with Crippen LogP contribution in [-0.2, 0) is 0 Å². The third-order valence-corrected chi connectivity index (χ3v) is 4.60. The van der Waals surface area contributed by atoms with Gasteiger partial charge in [0.1, 0.15) is 0 Å². The molecule has 2 atom stereocenters. The van der Waals surface area contributed by atoms with Gasteiger partial charge in [-0.2, -0.15) is 0 Å². The van der Waals surface area contributed by atoms with Crippen LogP contribution in [0.1, 0.15) is 31.0 Å². The molecule has 2 heteroatoms. The van der Waals surface area contributed by atoms with Crippen LogP contribution in [0.2, 0.25) is 0 Å². The monoisotopic (exact) mass is 221 g/mol. The molecule has 1 aromatic carbocycles. The predicted octanol–water partition coefficient (Wildman–Crippen LogP) is 3.39. The minimum Gasteiger partial charge on any atom is -0.310 e. The Kier molecular flexibility index (Phi) is 3.37. The van der Waals surface area contributed by atoms with E-state index in [0.29, 0.717) is 6.04 Å². The topological polar surface area (TPSA) is 12.0 Å². The Bertz CT molecular complexity index is 348. The molecule has 0 saturated heterocycles. The minimum absolute atomic E-state index is 0.547. The first kappa shape index (κ1) is 11.0. The summed E-state index contributed by atoms with van der Waals surface area (Å²) in [7, 11) is 0. The van der Waals surface area contributed by atoms with Crippen LogP contribution in [-0.4, -0.2) is 12.3 Å². The SMILES string of the molecule is CCNC1c2cccc(C)c2SCC1C. The summed E-state index contributed by atoms with van der Waals surface area (Å²) in [5.74, 6) is 1.96. The zero-order valence-corrected chi connectivity index (χ0v) is 10.5. The molecule has 2 rings (SSSR count). The Labute approximate surface area is 96.7 Å². The summed E-state index contributed by atoms with van der Waals surface area (Å²) < 4.78 is 0. The lowest BCUT2D eigenvalue weighted by atomic mass is 9.94. The average Bonchev–Trinajstić information content (AvgIpc) is 2.23. The maximum absolute atomic E-state index is 3.60. The van der Waals surface area contributed by atoms with E-state index < -0.39 is 0 Å². The molecule has 0 amide bonds. The van der Waals surface area contributed by atoms with Crippen molar-refractivity contribution in [1.82, 2.24) is 5.32 Å². The molecule has 0 bridgehead atoms. The van der Waals surface area contributed by atoms with Crippen LogP contribution in [0.15, 0.2) is 23.1 Å². The summed E-state index contributed by atoms with van der Waals surface area (Å²) in [6.07, 6.45) is 0. The summed E-state index contributed by atoms with van der Waals surface area (Å²) >= 11 is 2.01. The molecule has 1 heterocycles. The molecule has 0 aromatic heterocycles. The van der Waals surface area contributed by atoms with Crippen molar-refractivity contribution in [2.24, 2.45) is 5.92 Å². The lowest BCUT2D eigenvalue weighted by molar-refractivity contribution is 0.415. The van der Waals surface area contributed by atoms with Crippen LogP contribution in [0, 0.1) is 12.8 Å². The van der Waals surface area contributed by atoms with Gasteiger partial charge in [0.05, 0.1) is 0 Å². The highest BCUT2D eigenvalue weighted by molar-refractivity contribution is 7.99. The van der Waals surface area contributed by atoms with Gasteiger partial charge in [-0.15, -0.1) is 11.8 Å². The molecular weight excluding hydrogens is 202 g/mol. The normalized spacial score (nSPS) is 25.0. The first-order valence-electron chi connectivity index (χ1n) is 5.69. The lowest BCUT2D eigenvalue weighted by Crippen LogP contribution is -2.31. The van der Waals surface area contributed by atoms with Gasteiger partial charge in [0.25, 0.3) is 0 Å². The van der Waals surface area contributed by atoms with Gasteiger partial charge < -0.3 is 5.32 Å². The van der Waals surface area contributed by atoms with Crippen molar-refractivity contribution >= 4 is 11.8 Å². The molecule has 0 fully saturated rings. The maximum Gasteiger partial charge on any atom is 0.0365 e. The van der Waals surface area contributed by atoms with Gasteiger partial charge in [0, 0.05) is 16.7 Å². The van der Waals surface area contributed by atoms with Gasteiger partial charge in [-0.25, -0.2) is 0 Å². The maximum atomic E-state index is 3.60. The number of rotatable bonds is 2. The molecule has 1 aromatic rings. The van der Waals surface area contributed by atoms with E-state index in [9.17, 15) is 0 Å². The summed E-state index contributed by atoms with van der Waals surface area (Å²) in [4.78, 5) is 1.50. The van der Waals surface area contributed by atoms with Crippen molar-refractivity contribution in [3.8, 4) is 0 Å². The Morgan fingerprint density at radius 2 is 2.27 bits per heavy atom.